The van der Waals surface area contributed by atoms with Gasteiger partial charge in [-0.05, 0) is 88.0 Å². The third-order valence-electron chi connectivity index (χ3n) is 6.91. The predicted molar refractivity (Wildman–Crippen MR) is 133 cm³/mol. The summed E-state index contributed by atoms with van der Waals surface area (Å²) in [6, 6.07) is 12.2. The minimum atomic E-state index is -0.0838. The number of carbonyl (C=O) groups excluding carboxylic acids is 1. The van der Waals surface area contributed by atoms with Crippen molar-refractivity contribution in [1.29, 1.82) is 0 Å². The Morgan fingerprint density at radius 3 is 2.55 bits per heavy atom. The molecule has 2 heterocycles. The number of aryl methyl sites for hydroxylation is 3. The van der Waals surface area contributed by atoms with Gasteiger partial charge in [0.1, 0.15) is 5.69 Å². The van der Waals surface area contributed by atoms with E-state index in [1.165, 1.54) is 19.3 Å². The number of carbonyl (C=O) groups is 1. The largest absolute Gasteiger partial charge is 0.351 e. The van der Waals surface area contributed by atoms with Gasteiger partial charge in [-0.15, -0.1) is 0 Å². The number of amides is 1. The molecule has 0 aliphatic carbocycles. The molecule has 1 fully saturated rings. The zero-order valence-electron chi connectivity index (χ0n) is 20.1. The summed E-state index contributed by atoms with van der Waals surface area (Å²) in [6.07, 6.45) is 3.79. The average molecular weight is 447 g/mol. The molecule has 1 atom stereocenters. The van der Waals surface area contributed by atoms with E-state index in [9.17, 15) is 9.59 Å². The monoisotopic (exact) mass is 446 g/mol. The number of likely N-dealkylation sites (tertiary alicyclic amines) is 1. The van der Waals surface area contributed by atoms with Crippen molar-refractivity contribution in [3.05, 3.63) is 74.7 Å². The molecule has 1 unspecified atom stereocenters. The molecule has 4 rings (SSSR count). The third kappa shape index (κ3) is 5.17. The standard InChI is InChI=1S/C27H34N4O2/c1-18-15-24-25(16-19(18)2)31(27(33)21(4)29-24)17-22-8-10-23(11-9-22)26(32)28-12-14-30-13-6-5-7-20(30)3/h8-11,15-16,20H,5-7,12-14,17H2,1-4H3,(H,28,32). The zero-order chi connectivity index (χ0) is 23.5. The van der Waals surface area contributed by atoms with Crippen LogP contribution in [0.1, 0.15) is 58.9 Å². The fourth-order valence-electron chi connectivity index (χ4n) is 4.63. The molecule has 3 aromatic rings. The summed E-state index contributed by atoms with van der Waals surface area (Å²) in [5, 5.41) is 3.04. The molecule has 0 saturated carbocycles. The molecule has 1 aliphatic rings. The number of rotatable bonds is 6. The Labute approximate surface area is 195 Å². The Morgan fingerprint density at radius 1 is 1.09 bits per heavy atom. The van der Waals surface area contributed by atoms with Crippen molar-refractivity contribution >= 4 is 16.9 Å². The van der Waals surface area contributed by atoms with Crippen LogP contribution in [0, 0.1) is 20.8 Å². The van der Waals surface area contributed by atoms with Crippen LogP contribution in [0.25, 0.3) is 11.0 Å². The van der Waals surface area contributed by atoms with Gasteiger partial charge in [0.05, 0.1) is 17.6 Å². The highest BCUT2D eigenvalue weighted by Crippen LogP contribution is 2.18. The Bertz CT molecular complexity index is 1210. The van der Waals surface area contributed by atoms with Gasteiger partial charge in [0.25, 0.3) is 11.5 Å². The number of piperidine rings is 1. The van der Waals surface area contributed by atoms with Crippen molar-refractivity contribution in [3.8, 4) is 0 Å². The van der Waals surface area contributed by atoms with Gasteiger partial charge in [-0.3, -0.25) is 14.5 Å². The van der Waals surface area contributed by atoms with Crippen LogP contribution < -0.4 is 10.9 Å². The molecule has 174 valence electrons. The molecular weight excluding hydrogens is 412 g/mol. The maximum Gasteiger partial charge on any atom is 0.272 e. The van der Waals surface area contributed by atoms with E-state index in [-0.39, 0.29) is 11.5 Å². The molecule has 1 amide bonds. The van der Waals surface area contributed by atoms with Crippen LogP contribution in [0.2, 0.25) is 0 Å². The number of hydrogen-bond donors (Lipinski definition) is 1. The van der Waals surface area contributed by atoms with Gasteiger partial charge >= 0.3 is 0 Å². The lowest BCUT2D eigenvalue weighted by atomic mass is 10.0. The number of fused-ring (bicyclic) bond motifs is 1. The van der Waals surface area contributed by atoms with E-state index in [1.54, 1.807) is 11.5 Å². The van der Waals surface area contributed by atoms with Crippen LogP contribution in [0.15, 0.2) is 41.2 Å². The molecular formula is C27H34N4O2. The van der Waals surface area contributed by atoms with E-state index in [0.29, 0.717) is 30.4 Å². The fraction of sp³-hybridized carbons (Fsp3) is 0.444. The number of nitrogens with zero attached hydrogens (tertiary/aromatic N) is 3. The normalized spacial score (nSPS) is 16.8. The first-order valence-electron chi connectivity index (χ1n) is 11.9. The second-order valence-corrected chi connectivity index (χ2v) is 9.35. The van der Waals surface area contributed by atoms with E-state index in [4.69, 9.17) is 0 Å². The van der Waals surface area contributed by atoms with Gasteiger partial charge in [0, 0.05) is 24.7 Å². The maximum absolute atomic E-state index is 12.9. The zero-order valence-corrected chi connectivity index (χ0v) is 20.1. The average Bonchev–Trinajstić information content (AvgIpc) is 2.80. The van der Waals surface area contributed by atoms with Gasteiger partial charge in [-0.2, -0.15) is 0 Å². The first-order chi connectivity index (χ1) is 15.8. The van der Waals surface area contributed by atoms with Crippen LogP contribution in [0.5, 0.6) is 0 Å². The van der Waals surface area contributed by atoms with Crippen molar-refractivity contribution in [2.75, 3.05) is 19.6 Å². The quantitative estimate of drug-likeness (QED) is 0.622. The van der Waals surface area contributed by atoms with E-state index in [0.717, 1.165) is 40.8 Å². The molecule has 0 bridgehead atoms. The number of aromatic nitrogens is 2. The van der Waals surface area contributed by atoms with Crippen LogP contribution in [0.3, 0.4) is 0 Å². The Morgan fingerprint density at radius 2 is 1.82 bits per heavy atom. The van der Waals surface area contributed by atoms with Gasteiger partial charge in [0.2, 0.25) is 0 Å². The summed E-state index contributed by atoms with van der Waals surface area (Å²) in [7, 11) is 0. The second-order valence-electron chi connectivity index (χ2n) is 9.35. The minimum absolute atomic E-state index is 0.0558. The first kappa shape index (κ1) is 23.2. The highest BCUT2D eigenvalue weighted by atomic mass is 16.1. The van der Waals surface area contributed by atoms with Crippen LogP contribution in [-0.4, -0.2) is 46.0 Å². The summed E-state index contributed by atoms with van der Waals surface area (Å²) in [6.45, 7) is 11.2. The molecule has 6 heteroatoms. The van der Waals surface area contributed by atoms with Crippen LogP contribution in [0.4, 0.5) is 0 Å². The molecule has 1 aromatic heterocycles. The van der Waals surface area contributed by atoms with Crippen LogP contribution in [-0.2, 0) is 6.54 Å². The third-order valence-corrected chi connectivity index (χ3v) is 6.91. The van der Waals surface area contributed by atoms with Crippen molar-refractivity contribution < 1.29 is 4.79 Å². The molecule has 0 radical (unpaired) electrons. The number of nitrogens with one attached hydrogen (secondary N) is 1. The van der Waals surface area contributed by atoms with E-state index < -0.39 is 0 Å². The van der Waals surface area contributed by atoms with Crippen molar-refractivity contribution in [1.82, 2.24) is 19.8 Å². The van der Waals surface area contributed by atoms with Crippen molar-refractivity contribution in [3.63, 3.8) is 0 Å². The molecule has 1 saturated heterocycles. The summed E-state index contributed by atoms with van der Waals surface area (Å²) >= 11 is 0. The number of hydrogen-bond acceptors (Lipinski definition) is 4. The Hall–Kier alpha value is -2.99. The highest BCUT2D eigenvalue weighted by molar-refractivity contribution is 5.94. The molecule has 6 nitrogen and oxygen atoms in total. The summed E-state index contributed by atoms with van der Waals surface area (Å²) < 4.78 is 1.78. The molecule has 33 heavy (non-hydrogen) atoms. The molecule has 0 spiro atoms. The highest BCUT2D eigenvalue weighted by Gasteiger charge is 2.18. The smallest absolute Gasteiger partial charge is 0.272 e. The summed E-state index contributed by atoms with van der Waals surface area (Å²) in [4.78, 5) is 32.4. The van der Waals surface area contributed by atoms with Crippen LogP contribution >= 0.6 is 0 Å². The van der Waals surface area contributed by atoms with Gasteiger partial charge in [0.15, 0.2) is 0 Å². The van der Waals surface area contributed by atoms with Gasteiger partial charge in [-0.25, -0.2) is 4.98 Å². The molecule has 2 aromatic carbocycles. The summed E-state index contributed by atoms with van der Waals surface area (Å²) in [5.74, 6) is -0.0558. The van der Waals surface area contributed by atoms with Crippen molar-refractivity contribution in [2.45, 2.75) is 59.5 Å². The topological polar surface area (TPSA) is 67.2 Å². The lowest BCUT2D eigenvalue weighted by Crippen LogP contribution is -2.42. The predicted octanol–water partition coefficient (Wildman–Crippen LogP) is 3.97. The summed E-state index contributed by atoms with van der Waals surface area (Å²) in [5.41, 5.74) is 5.97. The number of benzene rings is 2. The fourth-order valence-corrected chi connectivity index (χ4v) is 4.63. The minimum Gasteiger partial charge on any atom is -0.351 e. The van der Waals surface area contributed by atoms with E-state index in [2.05, 4.69) is 29.0 Å². The first-order valence-corrected chi connectivity index (χ1v) is 11.9. The Balaban J connectivity index is 1.45. The van der Waals surface area contributed by atoms with E-state index in [1.807, 2.05) is 43.3 Å². The van der Waals surface area contributed by atoms with Gasteiger partial charge in [-0.1, -0.05) is 18.6 Å². The van der Waals surface area contributed by atoms with Crippen molar-refractivity contribution in [2.24, 2.45) is 0 Å². The molecule has 1 N–H and O–H groups in total. The molecule has 1 aliphatic heterocycles. The lowest BCUT2D eigenvalue weighted by Gasteiger charge is -2.33. The SMILES string of the molecule is Cc1cc2nc(C)c(=O)n(Cc3ccc(C(=O)NCCN4CCCCC4C)cc3)c2cc1C. The van der Waals surface area contributed by atoms with E-state index >= 15 is 0 Å². The van der Waals surface area contributed by atoms with Gasteiger partial charge < -0.3 is 9.88 Å². The Kier molecular flexibility index (Phi) is 6.94. The second kappa shape index (κ2) is 9.87. The lowest BCUT2D eigenvalue weighted by molar-refractivity contribution is 0.0938. The maximum atomic E-state index is 12.9.